The van der Waals surface area contributed by atoms with E-state index >= 15 is 0 Å². The minimum Gasteiger partial charge on any atom is -0.444 e. The Balaban J connectivity index is 2.44. The maximum Gasteiger partial charge on any atom is 0.412 e. The highest BCUT2D eigenvalue weighted by molar-refractivity contribution is 5.85. The van der Waals surface area contributed by atoms with E-state index in [9.17, 15) is 4.79 Å². The summed E-state index contributed by atoms with van der Waals surface area (Å²) < 4.78 is 5.23. The first-order valence-corrected chi connectivity index (χ1v) is 8.17. The molecule has 0 fully saturated rings. The Kier molecular flexibility index (Phi) is 7.22. The zero-order valence-corrected chi connectivity index (χ0v) is 14.5. The van der Waals surface area contributed by atoms with Gasteiger partial charge in [0.25, 0.3) is 0 Å². The van der Waals surface area contributed by atoms with Gasteiger partial charge in [-0.05, 0) is 58.4 Å². The van der Waals surface area contributed by atoms with E-state index in [1.54, 1.807) is 0 Å². The summed E-state index contributed by atoms with van der Waals surface area (Å²) >= 11 is 0. The standard InChI is InChI=1S/C18H30N2O2/c1-6-7-8-9-14(2)19-15-10-12-16(13-11-15)20-17(21)22-18(3,4)5/h10-14,19H,6-9H2,1-5H3,(H,20,21). The van der Waals surface area contributed by atoms with Gasteiger partial charge in [-0.25, -0.2) is 4.79 Å². The van der Waals surface area contributed by atoms with Gasteiger partial charge in [0.15, 0.2) is 0 Å². The van der Waals surface area contributed by atoms with Crippen molar-refractivity contribution in [3.05, 3.63) is 24.3 Å². The summed E-state index contributed by atoms with van der Waals surface area (Å²) in [5, 5.41) is 6.21. The molecule has 0 aliphatic heterocycles. The predicted octanol–water partition coefficient (Wildman–Crippen LogP) is 5.41. The number of carbonyl (C=O) groups excluding carboxylic acids is 1. The molecule has 1 rings (SSSR count). The third-order valence-corrected chi connectivity index (χ3v) is 3.18. The largest absolute Gasteiger partial charge is 0.444 e. The van der Waals surface area contributed by atoms with E-state index in [0.717, 1.165) is 11.4 Å². The molecule has 1 aromatic rings. The number of amides is 1. The van der Waals surface area contributed by atoms with Crippen LogP contribution in [0.3, 0.4) is 0 Å². The van der Waals surface area contributed by atoms with Gasteiger partial charge in [0, 0.05) is 17.4 Å². The third kappa shape index (κ3) is 7.91. The molecule has 1 aromatic carbocycles. The second-order valence-corrected chi connectivity index (χ2v) is 6.75. The normalized spacial score (nSPS) is 12.6. The maximum atomic E-state index is 11.7. The van der Waals surface area contributed by atoms with Crippen LogP contribution in [0.1, 0.15) is 60.3 Å². The van der Waals surface area contributed by atoms with E-state index in [1.807, 2.05) is 45.0 Å². The molecule has 0 aliphatic carbocycles. The van der Waals surface area contributed by atoms with Gasteiger partial charge in [0.1, 0.15) is 5.60 Å². The molecule has 124 valence electrons. The van der Waals surface area contributed by atoms with Crippen molar-refractivity contribution in [1.82, 2.24) is 0 Å². The first-order valence-electron chi connectivity index (χ1n) is 8.17. The number of benzene rings is 1. The average Bonchev–Trinajstić information content (AvgIpc) is 2.39. The van der Waals surface area contributed by atoms with Crippen LogP contribution in [0.15, 0.2) is 24.3 Å². The Bertz CT molecular complexity index is 449. The van der Waals surface area contributed by atoms with Crippen LogP contribution in [0.25, 0.3) is 0 Å². The summed E-state index contributed by atoms with van der Waals surface area (Å²) in [5.41, 5.74) is 1.32. The number of rotatable bonds is 7. The number of nitrogens with one attached hydrogen (secondary N) is 2. The fourth-order valence-corrected chi connectivity index (χ4v) is 2.13. The lowest BCUT2D eigenvalue weighted by Gasteiger charge is -2.20. The molecule has 0 bridgehead atoms. The van der Waals surface area contributed by atoms with Crippen LogP contribution in [0, 0.1) is 0 Å². The molecular weight excluding hydrogens is 276 g/mol. The molecule has 4 heteroatoms. The minimum absolute atomic E-state index is 0.429. The topological polar surface area (TPSA) is 50.4 Å². The van der Waals surface area contributed by atoms with Crippen molar-refractivity contribution in [3.8, 4) is 0 Å². The number of ether oxygens (including phenoxy) is 1. The highest BCUT2D eigenvalue weighted by atomic mass is 16.6. The average molecular weight is 306 g/mol. The van der Waals surface area contributed by atoms with Gasteiger partial charge in [-0.15, -0.1) is 0 Å². The van der Waals surface area contributed by atoms with E-state index in [2.05, 4.69) is 24.5 Å². The lowest BCUT2D eigenvalue weighted by molar-refractivity contribution is 0.0636. The quantitative estimate of drug-likeness (QED) is 0.662. The predicted molar refractivity (Wildman–Crippen MR) is 93.5 cm³/mol. The van der Waals surface area contributed by atoms with E-state index in [-0.39, 0.29) is 0 Å². The number of unbranched alkanes of at least 4 members (excludes halogenated alkanes) is 2. The molecule has 2 N–H and O–H groups in total. The summed E-state index contributed by atoms with van der Waals surface area (Å²) in [6.07, 6.45) is 4.53. The molecule has 0 radical (unpaired) electrons. The molecule has 0 saturated heterocycles. The number of carbonyl (C=O) groups is 1. The summed E-state index contributed by atoms with van der Waals surface area (Å²) in [6.45, 7) is 9.95. The SMILES string of the molecule is CCCCCC(C)Nc1ccc(NC(=O)OC(C)(C)C)cc1. The molecule has 0 aliphatic rings. The summed E-state index contributed by atoms with van der Waals surface area (Å²) in [6, 6.07) is 8.17. The van der Waals surface area contributed by atoms with Crippen LogP contribution in [0.5, 0.6) is 0 Å². The lowest BCUT2D eigenvalue weighted by Crippen LogP contribution is -2.27. The van der Waals surface area contributed by atoms with Gasteiger partial charge in [0.05, 0.1) is 0 Å². The molecular formula is C18H30N2O2. The molecule has 1 unspecified atom stereocenters. The molecule has 0 spiro atoms. The Labute approximate surface area is 134 Å². The van der Waals surface area contributed by atoms with Crippen molar-refractivity contribution in [2.24, 2.45) is 0 Å². The second kappa shape index (κ2) is 8.66. The van der Waals surface area contributed by atoms with Gasteiger partial charge in [-0.2, -0.15) is 0 Å². The van der Waals surface area contributed by atoms with Crippen molar-refractivity contribution in [1.29, 1.82) is 0 Å². The molecule has 4 nitrogen and oxygen atoms in total. The Morgan fingerprint density at radius 3 is 2.27 bits per heavy atom. The smallest absolute Gasteiger partial charge is 0.412 e. The fraction of sp³-hybridized carbons (Fsp3) is 0.611. The van der Waals surface area contributed by atoms with Crippen LogP contribution < -0.4 is 10.6 Å². The number of hydrogen-bond acceptors (Lipinski definition) is 3. The maximum absolute atomic E-state index is 11.7. The first-order chi connectivity index (χ1) is 10.3. The van der Waals surface area contributed by atoms with Crippen LogP contribution in [0.4, 0.5) is 16.2 Å². The van der Waals surface area contributed by atoms with E-state index in [0.29, 0.717) is 6.04 Å². The number of anilines is 2. The van der Waals surface area contributed by atoms with E-state index in [4.69, 9.17) is 4.74 Å². The fourth-order valence-electron chi connectivity index (χ4n) is 2.13. The van der Waals surface area contributed by atoms with E-state index < -0.39 is 11.7 Å². The van der Waals surface area contributed by atoms with Crippen molar-refractivity contribution in [3.63, 3.8) is 0 Å². The molecule has 1 atom stereocenters. The molecule has 22 heavy (non-hydrogen) atoms. The Hall–Kier alpha value is -1.71. The monoisotopic (exact) mass is 306 g/mol. The highest BCUT2D eigenvalue weighted by Gasteiger charge is 2.16. The summed E-state index contributed by atoms with van der Waals surface area (Å²) in [5.74, 6) is 0. The first kappa shape index (κ1) is 18.3. The minimum atomic E-state index is -0.487. The number of hydrogen-bond donors (Lipinski definition) is 2. The summed E-state index contributed by atoms with van der Waals surface area (Å²) in [4.78, 5) is 11.7. The third-order valence-electron chi connectivity index (χ3n) is 3.18. The second-order valence-electron chi connectivity index (χ2n) is 6.75. The molecule has 0 aromatic heterocycles. The van der Waals surface area contributed by atoms with Gasteiger partial charge in [-0.1, -0.05) is 26.2 Å². The van der Waals surface area contributed by atoms with Gasteiger partial charge in [0.2, 0.25) is 0 Å². The zero-order valence-electron chi connectivity index (χ0n) is 14.5. The summed E-state index contributed by atoms with van der Waals surface area (Å²) in [7, 11) is 0. The van der Waals surface area contributed by atoms with Gasteiger partial charge in [-0.3, -0.25) is 5.32 Å². The highest BCUT2D eigenvalue weighted by Crippen LogP contribution is 2.17. The Morgan fingerprint density at radius 1 is 1.14 bits per heavy atom. The molecule has 0 heterocycles. The van der Waals surface area contributed by atoms with Crippen LogP contribution >= 0.6 is 0 Å². The van der Waals surface area contributed by atoms with Crippen molar-refractivity contribution in [2.75, 3.05) is 10.6 Å². The Morgan fingerprint density at radius 2 is 1.73 bits per heavy atom. The van der Waals surface area contributed by atoms with Crippen LogP contribution in [0.2, 0.25) is 0 Å². The van der Waals surface area contributed by atoms with Gasteiger partial charge < -0.3 is 10.1 Å². The van der Waals surface area contributed by atoms with Crippen molar-refractivity contribution in [2.45, 2.75) is 71.9 Å². The molecule has 0 saturated carbocycles. The van der Waals surface area contributed by atoms with Crippen molar-refractivity contribution < 1.29 is 9.53 Å². The van der Waals surface area contributed by atoms with Crippen LogP contribution in [-0.4, -0.2) is 17.7 Å². The van der Waals surface area contributed by atoms with Gasteiger partial charge >= 0.3 is 6.09 Å². The van der Waals surface area contributed by atoms with Crippen molar-refractivity contribution >= 4 is 17.5 Å². The zero-order chi connectivity index (χ0) is 16.6. The lowest BCUT2D eigenvalue weighted by atomic mass is 10.1. The van der Waals surface area contributed by atoms with Crippen LogP contribution in [-0.2, 0) is 4.74 Å². The van der Waals surface area contributed by atoms with E-state index in [1.165, 1.54) is 25.7 Å². The molecule has 1 amide bonds.